The molecule has 2 atom stereocenters. The lowest BCUT2D eigenvalue weighted by Crippen LogP contribution is -2.42. The minimum Gasteiger partial charge on any atom is -0.481 e. The Morgan fingerprint density at radius 2 is 2.33 bits per heavy atom. The zero-order valence-corrected chi connectivity index (χ0v) is 11.6. The molecule has 0 fully saturated rings. The quantitative estimate of drug-likeness (QED) is 0.520. The van der Waals surface area contributed by atoms with Gasteiger partial charge in [0.05, 0.1) is 18.2 Å². The summed E-state index contributed by atoms with van der Waals surface area (Å²) in [5.41, 5.74) is 9.60. The van der Waals surface area contributed by atoms with Gasteiger partial charge in [0, 0.05) is 12.0 Å². The second-order valence-corrected chi connectivity index (χ2v) is 4.70. The third kappa shape index (κ3) is 2.90. The van der Waals surface area contributed by atoms with Gasteiger partial charge in [0.2, 0.25) is 0 Å². The van der Waals surface area contributed by atoms with Crippen molar-refractivity contribution in [3.8, 4) is 5.75 Å². The molecule has 2 rings (SSSR count). The maximum atomic E-state index is 11.9. The number of carboxylic acid groups (broad SMARTS) is 1. The second-order valence-electron chi connectivity index (χ2n) is 4.70. The Balaban J connectivity index is 2.42. The maximum Gasteiger partial charge on any atom is 0.304 e. The van der Waals surface area contributed by atoms with E-state index >= 15 is 0 Å². The van der Waals surface area contributed by atoms with Crippen LogP contribution in [0.15, 0.2) is 23.3 Å². The van der Waals surface area contributed by atoms with Gasteiger partial charge in [-0.15, -0.1) is 0 Å². The number of likely N-dealkylation sites (N-methyl/N-ethyl adjacent to an activating group) is 1. The van der Waals surface area contributed by atoms with Crippen LogP contribution in [0.3, 0.4) is 0 Å². The van der Waals surface area contributed by atoms with E-state index in [0.717, 1.165) is 0 Å². The van der Waals surface area contributed by atoms with Gasteiger partial charge in [-0.25, -0.2) is 0 Å². The molecule has 21 heavy (non-hydrogen) atoms. The lowest BCUT2D eigenvalue weighted by atomic mass is 10.0. The third-order valence-corrected chi connectivity index (χ3v) is 3.27. The smallest absolute Gasteiger partial charge is 0.304 e. The SMILES string of the molecule is CC1Oc2ccc(C(CC(=O)O)N=[N+]=[N-])cc2N(C)C1=O. The summed E-state index contributed by atoms with van der Waals surface area (Å²) in [6.07, 6.45) is -0.891. The second kappa shape index (κ2) is 5.72. The van der Waals surface area contributed by atoms with Crippen LogP contribution in [0.4, 0.5) is 5.69 Å². The molecule has 1 heterocycles. The van der Waals surface area contributed by atoms with Crippen molar-refractivity contribution in [3.05, 3.63) is 34.2 Å². The van der Waals surface area contributed by atoms with E-state index in [0.29, 0.717) is 17.0 Å². The minimum atomic E-state index is -1.07. The Bertz CT molecular complexity index is 639. The van der Waals surface area contributed by atoms with E-state index < -0.39 is 18.1 Å². The van der Waals surface area contributed by atoms with Crippen molar-refractivity contribution in [1.82, 2.24) is 0 Å². The number of carboxylic acids is 1. The molecular formula is C13H14N4O4. The Hall–Kier alpha value is -2.73. The van der Waals surface area contributed by atoms with Gasteiger partial charge in [0.25, 0.3) is 5.91 Å². The first-order valence-corrected chi connectivity index (χ1v) is 6.28. The van der Waals surface area contributed by atoms with Crippen LogP contribution in [0.5, 0.6) is 5.75 Å². The van der Waals surface area contributed by atoms with Gasteiger partial charge in [0.15, 0.2) is 6.10 Å². The third-order valence-electron chi connectivity index (χ3n) is 3.27. The number of rotatable bonds is 4. The fourth-order valence-electron chi connectivity index (χ4n) is 2.19. The molecule has 0 aromatic heterocycles. The molecular weight excluding hydrogens is 276 g/mol. The van der Waals surface area contributed by atoms with Crippen LogP contribution in [-0.2, 0) is 9.59 Å². The van der Waals surface area contributed by atoms with Gasteiger partial charge in [-0.3, -0.25) is 9.59 Å². The average Bonchev–Trinajstić information content (AvgIpc) is 2.44. The van der Waals surface area contributed by atoms with Crippen molar-refractivity contribution < 1.29 is 19.4 Å². The molecule has 1 aliphatic rings. The van der Waals surface area contributed by atoms with Crippen molar-refractivity contribution in [3.63, 3.8) is 0 Å². The van der Waals surface area contributed by atoms with Gasteiger partial charge in [-0.05, 0) is 30.2 Å². The van der Waals surface area contributed by atoms with Crippen LogP contribution in [0, 0.1) is 0 Å². The highest BCUT2D eigenvalue weighted by Crippen LogP contribution is 2.36. The molecule has 110 valence electrons. The predicted molar refractivity (Wildman–Crippen MR) is 74.1 cm³/mol. The number of carbonyl (C=O) groups excluding carboxylic acids is 1. The molecule has 0 saturated heterocycles. The number of nitrogens with zero attached hydrogens (tertiary/aromatic N) is 4. The highest BCUT2D eigenvalue weighted by molar-refractivity contribution is 5.99. The maximum absolute atomic E-state index is 11.9. The minimum absolute atomic E-state index is 0.196. The van der Waals surface area contributed by atoms with Crippen LogP contribution < -0.4 is 9.64 Å². The number of fused-ring (bicyclic) bond motifs is 1. The summed E-state index contributed by atoms with van der Waals surface area (Å²) < 4.78 is 5.48. The van der Waals surface area contributed by atoms with Crippen molar-refractivity contribution in [2.75, 3.05) is 11.9 Å². The summed E-state index contributed by atoms with van der Waals surface area (Å²) in [6, 6.07) is 4.06. The lowest BCUT2D eigenvalue weighted by Gasteiger charge is -2.30. The van der Waals surface area contributed by atoms with Gasteiger partial charge >= 0.3 is 5.97 Å². The van der Waals surface area contributed by atoms with E-state index in [1.54, 1.807) is 32.2 Å². The molecule has 0 radical (unpaired) electrons. The molecule has 0 saturated carbocycles. The van der Waals surface area contributed by atoms with Gasteiger partial charge < -0.3 is 14.7 Å². The van der Waals surface area contributed by atoms with E-state index in [1.165, 1.54) is 4.90 Å². The molecule has 0 bridgehead atoms. The van der Waals surface area contributed by atoms with Crippen LogP contribution in [0.25, 0.3) is 10.4 Å². The standard InChI is InChI=1S/C13H14N4O4/c1-7-13(20)17(2)10-5-8(3-4-11(10)21-7)9(15-16-14)6-12(18)19/h3-5,7,9H,6H2,1-2H3,(H,18,19). The molecule has 8 nitrogen and oxygen atoms in total. The first-order valence-electron chi connectivity index (χ1n) is 6.28. The molecule has 1 aromatic carbocycles. The number of hydrogen-bond acceptors (Lipinski definition) is 4. The molecule has 0 aliphatic carbocycles. The molecule has 1 aliphatic heterocycles. The summed E-state index contributed by atoms with van der Waals surface area (Å²) in [4.78, 5) is 26.8. The Labute approximate surface area is 120 Å². The zero-order valence-electron chi connectivity index (χ0n) is 11.6. The van der Waals surface area contributed by atoms with E-state index in [1.807, 2.05) is 0 Å². The summed E-state index contributed by atoms with van der Waals surface area (Å²) >= 11 is 0. The number of azide groups is 1. The summed E-state index contributed by atoms with van der Waals surface area (Å²) in [6.45, 7) is 1.66. The van der Waals surface area contributed by atoms with Crippen molar-refractivity contribution in [2.24, 2.45) is 5.11 Å². The number of amides is 1. The highest BCUT2D eigenvalue weighted by Gasteiger charge is 2.29. The van der Waals surface area contributed by atoms with E-state index in [9.17, 15) is 9.59 Å². The molecule has 1 aromatic rings. The number of ether oxygens (including phenoxy) is 1. The van der Waals surface area contributed by atoms with Crippen molar-refractivity contribution in [1.29, 1.82) is 0 Å². The number of aliphatic carboxylic acids is 1. The number of hydrogen-bond donors (Lipinski definition) is 1. The average molecular weight is 290 g/mol. The lowest BCUT2D eigenvalue weighted by molar-refractivity contribution is -0.137. The molecule has 8 heteroatoms. The number of carbonyl (C=O) groups is 2. The van der Waals surface area contributed by atoms with Crippen LogP contribution in [-0.4, -0.2) is 30.1 Å². The van der Waals surface area contributed by atoms with Gasteiger partial charge in [-0.1, -0.05) is 11.2 Å². The molecule has 0 spiro atoms. The van der Waals surface area contributed by atoms with Crippen molar-refractivity contribution in [2.45, 2.75) is 25.5 Å². The van der Waals surface area contributed by atoms with E-state index in [4.69, 9.17) is 15.4 Å². The Morgan fingerprint density at radius 3 is 2.95 bits per heavy atom. The van der Waals surface area contributed by atoms with Crippen molar-refractivity contribution >= 4 is 17.6 Å². The normalized spacial score (nSPS) is 18.3. The fourth-order valence-corrected chi connectivity index (χ4v) is 2.19. The van der Waals surface area contributed by atoms with Crippen LogP contribution in [0.1, 0.15) is 24.9 Å². The van der Waals surface area contributed by atoms with Crippen LogP contribution in [0.2, 0.25) is 0 Å². The van der Waals surface area contributed by atoms with Gasteiger partial charge in [-0.2, -0.15) is 0 Å². The molecule has 1 N–H and O–H groups in total. The monoisotopic (exact) mass is 290 g/mol. The summed E-state index contributed by atoms with van der Waals surface area (Å²) in [5, 5.41) is 12.4. The number of benzene rings is 1. The Morgan fingerprint density at radius 1 is 1.62 bits per heavy atom. The number of anilines is 1. The van der Waals surface area contributed by atoms with E-state index in [2.05, 4.69) is 10.0 Å². The fraction of sp³-hybridized carbons (Fsp3) is 0.385. The predicted octanol–water partition coefficient (Wildman–Crippen LogP) is 2.26. The van der Waals surface area contributed by atoms with Crippen LogP contribution >= 0.6 is 0 Å². The summed E-state index contributed by atoms with van der Waals surface area (Å²) in [5.74, 6) is -0.735. The topological polar surface area (TPSA) is 116 Å². The van der Waals surface area contributed by atoms with Gasteiger partial charge in [0.1, 0.15) is 5.75 Å². The molecule has 1 amide bonds. The highest BCUT2D eigenvalue weighted by atomic mass is 16.5. The zero-order chi connectivity index (χ0) is 15.6. The van der Waals surface area contributed by atoms with E-state index in [-0.39, 0.29) is 12.3 Å². The first kappa shape index (κ1) is 14.7. The summed E-state index contributed by atoms with van der Waals surface area (Å²) in [7, 11) is 1.61. The molecule has 2 unspecified atom stereocenters. The largest absolute Gasteiger partial charge is 0.481 e. The first-order chi connectivity index (χ1) is 9.93. The Kier molecular flexibility index (Phi) is 4.00.